The van der Waals surface area contributed by atoms with Crippen molar-refractivity contribution in [3.05, 3.63) is 30.4 Å². The molecule has 0 spiro atoms. The lowest BCUT2D eigenvalue weighted by molar-refractivity contribution is 0.324. The second-order valence-corrected chi connectivity index (χ2v) is 3.99. The van der Waals surface area contributed by atoms with Crippen LogP contribution in [0.2, 0.25) is 0 Å². The number of pyridine rings is 1. The zero-order valence-corrected chi connectivity index (χ0v) is 9.01. The van der Waals surface area contributed by atoms with E-state index in [9.17, 15) is 4.39 Å². The van der Waals surface area contributed by atoms with Gasteiger partial charge in [-0.15, -0.1) is 0 Å². The molecule has 1 saturated heterocycles. The number of alkyl halides is 1. The summed E-state index contributed by atoms with van der Waals surface area (Å²) in [6.07, 6.45) is 2.88. The van der Waals surface area contributed by atoms with E-state index >= 15 is 0 Å². The van der Waals surface area contributed by atoms with E-state index in [1.807, 2.05) is 0 Å². The average molecular weight is 234 g/mol. The summed E-state index contributed by atoms with van der Waals surface area (Å²) >= 11 is 0. The number of hydrogen-bond acceptors (Lipinski definition) is 5. The molecule has 3 rings (SSSR count). The summed E-state index contributed by atoms with van der Waals surface area (Å²) < 4.78 is 18.2. The molecule has 6 heteroatoms. The molecular formula is C11H11FN4O. The molecule has 5 nitrogen and oxygen atoms in total. The summed E-state index contributed by atoms with van der Waals surface area (Å²) in [6, 6.07) is 3.43. The predicted molar refractivity (Wildman–Crippen MR) is 57.8 cm³/mol. The Balaban J connectivity index is 1.84. The first-order chi connectivity index (χ1) is 8.33. The molecule has 0 bridgehead atoms. The van der Waals surface area contributed by atoms with E-state index < -0.39 is 6.17 Å². The van der Waals surface area contributed by atoms with Crippen molar-refractivity contribution >= 4 is 0 Å². The van der Waals surface area contributed by atoms with Gasteiger partial charge in [0.05, 0.1) is 6.04 Å². The minimum Gasteiger partial charge on any atom is -0.337 e. The Morgan fingerprint density at radius 2 is 2.18 bits per heavy atom. The molecule has 0 unspecified atom stereocenters. The maximum atomic E-state index is 13.0. The number of rotatable bonds is 2. The highest BCUT2D eigenvalue weighted by Gasteiger charge is 2.29. The molecule has 3 heterocycles. The van der Waals surface area contributed by atoms with Crippen molar-refractivity contribution < 1.29 is 8.91 Å². The molecule has 1 N–H and O–H groups in total. The van der Waals surface area contributed by atoms with Crippen molar-refractivity contribution in [1.29, 1.82) is 0 Å². The second kappa shape index (κ2) is 4.21. The van der Waals surface area contributed by atoms with Gasteiger partial charge >= 0.3 is 0 Å². The molecule has 0 amide bonds. The molecule has 0 aromatic carbocycles. The molecule has 1 aliphatic rings. The van der Waals surface area contributed by atoms with Crippen LogP contribution < -0.4 is 5.32 Å². The molecule has 17 heavy (non-hydrogen) atoms. The van der Waals surface area contributed by atoms with Gasteiger partial charge < -0.3 is 9.84 Å². The smallest absolute Gasteiger partial charge is 0.244 e. The third-order valence-corrected chi connectivity index (χ3v) is 2.76. The van der Waals surface area contributed by atoms with Crippen molar-refractivity contribution in [2.45, 2.75) is 18.6 Å². The first kappa shape index (κ1) is 10.3. The van der Waals surface area contributed by atoms with Crippen LogP contribution in [0.5, 0.6) is 0 Å². The zero-order chi connectivity index (χ0) is 11.7. The molecule has 0 aliphatic carbocycles. The van der Waals surface area contributed by atoms with Crippen LogP contribution in [0.4, 0.5) is 4.39 Å². The Bertz CT molecular complexity index is 501. The van der Waals surface area contributed by atoms with E-state index in [-0.39, 0.29) is 6.04 Å². The van der Waals surface area contributed by atoms with Gasteiger partial charge in [-0.25, -0.2) is 4.39 Å². The Morgan fingerprint density at radius 1 is 1.35 bits per heavy atom. The van der Waals surface area contributed by atoms with E-state index in [2.05, 4.69) is 20.4 Å². The summed E-state index contributed by atoms with van der Waals surface area (Å²) in [5.74, 6) is 0.948. The lowest BCUT2D eigenvalue weighted by atomic mass is 10.2. The SMILES string of the molecule is F[C@H]1CN[C@H](c2nc(-c3ccncc3)no2)C1. The van der Waals surface area contributed by atoms with Crippen LogP contribution in [0.3, 0.4) is 0 Å². The van der Waals surface area contributed by atoms with Gasteiger partial charge in [0.2, 0.25) is 11.7 Å². The molecule has 1 fully saturated rings. The van der Waals surface area contributed by atoms with Crippen molar-refractivity contribution in [3.8, 4) is 11.4 Å². The fourth-order valence-corrected chi connectivity index (χ4v) is 1.88. The first-order valence-electron chi connectivity index (χ1n) is 5.44. The van der Waals surface area contributed by atoms with Gasteiger partial charge in [-0.2, -0.15) is 4.98 Å². The number of halogens is 1. The van der Waals surface area contributed by atoms with Crippen LogP contribution in [0.15, 0.2) is 29.0 Å². The van der Waals surface area contributed by atoms with Gasteiger partial charge in [0.15, 0.2) is 0 Å². The van der Waals surface area contributed by atoms with Crippen LogP contribution in [0, 0.1) is 0 Å². The largest absolute Gasteiger partial charge is 0.337 e. The molecule has 2 aromatic rings. The van der Waals surface area contributed by atoms with Crippen LogP contribution in [-0.2, 0) is 0 Å². The third-order valence-electron chi connectivity index (χ3n) is 2.76. The minimum absolute atomic E-state index is 0.173. The molecule has 2 aromatic heterocycles. The van der Waals surface area contributed by atoms with E-state index in [0.29, 0.717) is 24.7 Å². The first-order valence-corrected chi connectivity index (χ1v) is 5.44. The topological polar surface area (TPSA) is 63.8 Å². The molecule has 2 atom stereocenters. The van der Waals surface area contributed by atoms with Crippen molar-refractivity contribution in [1.82, 2.24) is 20.4 Å². The maximum absolute atomic E-state index is 13.0. The Hall–Kier alpha value is -1.82. The van der Waals surface area contributed by atoms with E-state index in [1.165, 1.54) is 0 Å². The molecular weight excluding hydrogens is 223 g/mol. The van der Waals surface area contributed by atoms with E-state index in [0.717, 1.165) is 5.56 Å². The fraction of sp³-hybridized carbons (Fsp3) is 0.364. The molecule has 88 valence electrons. The summed E-state index contributed by atoms with van der Waals surface area (Å²) in [5.41, 5.74) is 0.838. The van der Waals surface area contributed by atoms with Gasteiger partial charge in [0.25, 0.3) is 0 Å². The normalized spacial score (nSPS) is 24.1. The van der Waals surface area contributed by atoms with Gasteiger partial charge in [-0.3, -0.25) is 4.98 Å². The van der Waals surface area contributed by atoms with Gasteiger partial charge in [0.1, 0.15) is 6.17 Å². The zero-order valence-electron chi connectivity index (χ0n) is 9.01. The maximum Gasteiger partial charge on any atom is 0.244 e. The van der Waals surface area contributed by atoms with E-state index in [1.54, 1.807) is 24.5 Å². The van der Waals surface area contributed by atoms with Crippen LogP contribution in [0.25, 0.3) is 11.4 Å². The second-order valence-electron chi connectivity index (χ2n) is 3.99. The van der Waals surface area contributed by atoms with Gasteiger partial charge in [0, 0.05) is 30.9 Å². The molecule has 0 radical (unpaired) electrons. The molecule has 1 aliphatic heterocycles. The van der Waals surface area contributed by atoms with Gasteiger partial charge in [-0.05, 0) is 12.1 Å². The standard InChI is InChI=1S/C11H11FN4O/c12-8-5-9(14-6-8)11-15-10(16-17-11)7-1-3-13-4-2-7/h1-4,8-9,14H,5-6H2/t8-,9+/m1/s1. The summed E-state index contributed by atoms with van der Waals surface area (Å²) in [7, 11) is 0. The lowest BCUT2D eigenvalue weighted by Crippen LogP contribution is -2.14. The number of aromatic nitrogens is 3. The molecule has 0 saturated carbocycles. The summed E-state index contributed by atoms with van der Waals surface area (Å²) in [6.45, 7) is 0.345. The third kappa shape index (κ3) is 2.03. The van der Waals surface area contributed by atoms with Gasteiger partial charge in [-0.1, -0.05) is 5.16 Å². The Morgan fingerprint density at radius 3 is 2.88 bits per heavy atom. The summed E-state index contributed by atoms with van der Waals surface area (Å²) in [4.78, 5) is 8.18. The average Bonchev–Trinajstić information content (AvgIpc) is 2.98. The lowest BCUT2D eigenvalue weighted by Gasteiger charge is -2.01. The number of nitrogens with zero attached hydrogens (tertiary/aromatic N) is 3. The number of hydrogen-bond donors (Lipinski definition) is 1. The monoisotopic (exact) mass is 234 g/mol. The minimum atomic E-state index is -0.837. The highest BCUT2D eigenvalue weighted by Crippen LogP contribution is 2.25. The predicted octanol–water partition coefficient (Wildman–Crippen LogP) is 1.50. The van der Waals surface area contributed by atoms with Crippen molar-refractivity contribution in [2.75, 3.05) is 6.54 Å². The highest BCUT2D eigenvalue weighted by molar-refractivity contribution is 5.52. The van der Waals surface area contributed by atoms with Crippen molar-refractivity contribution in [3.63, 3.8) is 0 Å². The Labute approximate surface area is 97.1 Å². The Kier molecular flexibility index (Phi) is 2.56. The van der Waals surface area contributed by atoms with Crippen LogP contribution >= 0.6 is 0 Å². The van der Waals surface area contributed by atoms with Crippen LogP contribution in [0.1, 0.15) is 18.4 Å². The van der Waals surface area contributed by atoms with Crippen molar-refractivity contribution in [2.24, 2.45) is 0 Å². The highest BCUT2D eigenvalue weighted by atomic mass is 19.1. The summed E-state index contributed by atoms with van der Waals surface area (Å²) in [5, 5.41) is 6.88. The number of nitrogens with one attached hydrogen (secondary N) is 1. The quantitative estimate of drug-likeness (QED) is 0.853. The fourth-order valence-electron chi connectivity index (χ4n) is 1.88. The van der Waals surface area contributed by atoms with E-state index in [4.69, 9.17) is 4.52 Å². The van der Waals surface area contributed by atoms with Crippen LogP contribution in [-0.4, -0.2) is 27.8 Å².